The van der Waals surface area contributed by atoms with E-state index in [0.29, 0.717) is 5.92 Å². The molecule has 0 radical (unpaired) electrons. The Labute approximate surface area is 106 Å². The Kier molecular flexibility index (Phi) is 11.8. The fraction of sp³-hybridized carbons (Fsp3) is 0.500. The second-order valence-corrected chi connectivity index (χ2v) is 3.57. The summed E-state index contributed by atoms with van der Waals surface area (Å²) in [6, 6.07) is 8.71. The van der Waals surface area contributed by atoms with E-state index in [9.17, 15) is 0 Å². The number of benzene rings is 1. The van der Waals surface area contributed by atoms with Crippen molar-refractivity contribution in [2.75, 3.05) is 13.1 Å². The molecule has 2 N–H and O–H groups in total. The Morgan fingerprint density at radius 1 is 1.00 bits per heavy atom. The Hall–Kier alpha value is -0.237. The molecule has 0 atom stereocenters. The maximum atomic E-state index is 6.26. The van der Waals surface area contributed by atoms with Crippen LogP contribution in [-0.2, 0) is 19.5 Å². The van der Waals surface area contributed by atoms with Crippen LogP contribution in [0.4, 0.5) is 0 Å². The Morgan fingerprint density at radius 3 is 1.67 bits per heavy atom. The van der Waals surface area contributed by atoms with Crippen molar-refractivity contribution in [2.24, 2.45) is 0 Å². The molecule has 0 saturated heterocycles. The van der Waals surface area contributed by atoms with Crippen molar-refractivity contribution in [2.45, 2.75) is 26.7 Å². The van der Waals surface area contributed by atoms with Crippen LogP contribution in [0.5, 0.6) is 0 Å². The zero-order valence-corrected chi connectivity index (χ0v) is 11.4. The van der Waals surface area contributed by atoms with E-state index in [0.717, 1.165) is 0 Å². The zero-order valence-electron chi connectivity index (χ0n) is 9.65. The van der Waals surface area contributed by atoms with Crippen molar-refractivity contribution in [1.82, 2.24) is 0 Å². The van der Waals surface area contributed by atoms with E-state index >= 15 is 0 Å². The summed E-state index contributed by atoms with van der Waals surface area (Å²) in [6.45, 7) is 7.01. The van der Waals surface area contributed by atoms with Crippen LogP contribution < -0.4 is 0 Å². The molecule has 0 aliphatic rings. The van der Waals surface area contributed by atoms with E-state index < -0.39 is 0 Å². The van der Waals surface area contributed by atoms with Crippen LogP contribution in [0.2, 0.25) is 0 Å². The molecule has 1 aromatic carbocycles. The Balaban J connectivity index is 0. The number of hydrogen-bond acceptors (Lipinski definition) is 0. The fourth-order valence-corrected chi connectivity index (χ4v) is 0.951. The molecule has 1 aromatic rings. The van der Waals surface area contributed by atoms with Crippen LogP contribution in [0, 0.1) is 6.92 Å². The molecule has 0 aliphatic carbocycles. The van der Waals surface area contributed by atoms with Crippen molar-refractivity contribution >= 4 is 0 Å². The molecule has 1 rings (SSSR count). The first-order valence-corrected chi connectivity index (χ1v) is 4.97. The topological polar surface area (TPSA) is 47.6 Å². The molecule has 15 heavy (non-hydrogen) atoms. The van der Waals surface area contributed by atoms with E-state index in [1.165, 1.54) is 11.1 Å². The minimum atomic E-state index is 0. The molecule has 0 heterocycles. The molecule has 0 spiro atoms. The van der Waals surface area contributed by atoms with Crippen LogP contribution in [0.25, 0.3) is 11.5 Å². The largest absolute Gasteiger partial charge is 8.00 e. The van der Waals surface area contributed by atoms with Gasteiger partial charge in [-0.25, -0.2) is 0 Å². The standard InChI is InChI=1S/C10H14.C2H6N2.Ru/c1-8(2)10-6-4-9(3)5-7-10;3-1-2-4;/h4-8H,1-3H3;3-4H,1-2H2;/q;-2;+8. The van der Waals surface area contributed by atoms with Gasteiger partial charge < -0.3 is 11.5 Å². The first-order chi connectivity index (χ1) is 6.61. The van der Waals surface area contributed by atoms with Gasteiger partial charge in [0.2, 0.25) is 0 Å². The van der Waals surface area contributed by atoms with E-state index in [2.05, 4.69) is 45.0 Å². The molecule has 0 fully saturated rings. The van der Waals surface area contributed by atoms with Crippen molar-refractivity contribution in [3.8, 4) is 0 Å². The normalized spacial score (nSPS) is 8.93. The van der Waals surface area contributed by atoms with Crippen molar-refractivity contribution in [3.63, 3.8) is 0 Å². The number of rotatable bonds is 2. The van der Waals surface area contributed by atoms with Gasteiger partial charge in [0.15, 0.2) is 0 Å². The van der Waals surface area contributed by atoms with E-state index in [1.54, 1.807) is 0 Å². The van der Waals surface area contributed by atoms with E-state index in [-0.39, 0.29) is 32.6 Å². The molecule has 0 aromatic heterocycles. The van der Waals surface area contributed by atoms with Gasteiger partial charge in [-0.2, -0.15) is 13.1 Å². The summed E-state index contributed by atoms with van der Waals surface area (Å²) in [5.41, 5.74) is 15.3. The van der Waals surface area contributed by atoms with Gasteiger partial charge in [-0.3, -0.25) is 0 Å². The Bertz CT molecular complexity index is 230. The summed E-state index contributed by atoms with van der Waals surface area (Å²) in [5.74, 6) is 0.653. The van der Waals surface area contributed by atoms with Gasteiger partial charge >= 0.3 is 19.5 Å². The summed E-state index contributed by atoms with van der Waals surface area (Å²) in [4.78, 5) is 0. The average molecular weight is 293 g/mol. The monoisotopic (exact) mass is 294 g/mol. The average Bonchev–Trinajstić information content (AvgIpc) is 2.19. The van der Waals surface area contributed by atoms with Gasteiger partial charge in [0.05, 0.1) is 0 Å². The van der Waals surface area contributed by atoms with Crippen LogP contribution in [-0.4, -0.2) is 13.1 Å². The van der Waals surface area contributed by atoms with Gasteiger partial charge in [-0.05, 0) is 18.4 Å². The predicted octanol–water partition coefficient (Wildman–Crippen LogP) is 4.21. The first kappa shape index (κ1) is 17.2. The van der Waals surface area contributed by atoms with Crippen LogP contribution in [0.15, 0.2) is 24.3 Å². The third kappa shape index (κ3) is 8.74. The van der Waals surface area contributed by atoms with Crippen molar-refractivity contribution in [3.05, 3.63) is 46.9 Å². The van der Waals surface area contributed by atoms with Crippen LogP contribution in [0.1, 0.15) is 30.9 Å². The van der Waals surface area contributed by atoms with E-state index in [4.69, 9.17) is 11.5 Å². The smallest absolute Gasteiger partial charge is 0.679 e. The molecule has 3 heteroatoms. The summed E-state index contributed by atoms with van der Waals surface area (Å²) >= 11 is 0. The molecule has 80 valence electrons. The predicted molar refractivity (Wildman–Crippen MR) is 63.6 cm³/mol. The number of hydrogen-bond donors (Lipinski definition) is 0. The second-order valence-electron chi connectivity index (χ2n) is 3.57. The minimum absolute atomic E-state index is 0. The maximum absolute atomic E-state index is 6.26. The molecule has 0 amide bonds. The molecule has 0 bridgehead atoms. The van der Waals surface area contributed by atoms with Gasteiger partial charge in [-0.1, -0.05) is 43.7 Å². The summed E-state index contributed by atoms with van der Waals surface area (Å²) in [7, 11) is 0. The molecular formula is C12H20N2Ru+6. The molecule has 0 saturated carbocycles. The second kappa shape index (κ2) is 10.3. The maximum Gasteiger partial charge on any atom is 8.00 e. The fourth-order valence-electron chi connectivity index (χ4n) is 0.951. The third-order valence-electron chi connectivity index (χ3n) is 1.87. The van der Waals surface area contributed by atoms with Gasteiger partial charge in [0.25, 0.3) is 0 Å². The van der Waals surface area contributed by atoms with Crippen LogP contribution >= 0.6 is 0 Å². The summed E-state index contributed by atoms with van der Waals surface area (Å²) in [6.07, 6.45) is 0. The van der Waals surface area contributed by atoms with Gasteiger partial charge in [0, 0.05) is 0 Å². The molecule has 0 aliphatic heterocycles. The number of aryl methyl sites for hydroxylation is 1. The quantitative estimate of drug-likeness (QED) is 0.734. The SMILES string of the molecule is Cc1ccc(C(C)C)cc1.[NH-]CC[NH-].[Ru+8]. The van der Waals surface area contributed by atoms with Crippen LogP contribution in [0.3, 0.4) is 0 Å². The number of nitrogens with one attached hydrogen (secondary N) is 2. The van der Waals surface area contributed by atoms with Crippen molar-refractivity contribution in [1.29, 1.82) is 0 Å². The minimum Gasteiger partial charge on any atom is -0.679 e. The van der Waals surface area contributed by atoms with Crippen molar-refractivity contribution < 1.29 is 19.5 Å². The molecule has 0 unspecified atom stereocenters. The third-order valence-corrected chi connectivity index (χ3v) is 1.87. The summed E-state index contributed by atoms with van der Waals surface area (Å²) in [5, 5.41) is 0. The molecule has 2 nitrogen and oxygen atoms in total. The Morgan fingerprint density at radius 2 is 1.40 bits per heavy atom. The molecular weight excluding hydrogens is 273 g/mol. The zero-order chi connectivity index (χ0) is 11.0. The summed E-state index contributed by atoms with van der Waals surface area (Å²) < 4.78 is 0. The van der Waals surface area contributed by atoms with Gasteiger partial charge in [0.1, 0.15) is 0 Å². The van der Waals surface area contributed by atoms with E-state index in [1.807, 2.05) is 0 Å². The van der Waals surface area contributed by atoms with Gasteiger partial charge in [-0.15, -0.1) is 0 Å². The first-order valence-electron chi connectivity index (χ1n) is 4.97.